The van der Waals surface area contributed by atoms with Crippen molar-refractivity contribution >= 4 is 5.97 Å². The summed E-state index contributed by atoms with van der Waals surface area (Å²) in [4.78, 5) is 12.1. The van der Waals surface area contributed by atoms with Crippen molar-refractivity contribution in [3.05, 3.63) is 48.6 Å². The zero-order valence-electron chi connectivity index (χ0n) is 14.2. The van der Waals surface area contributed by atoms with Gasteiger partial charge in [0.15, 0.2) is 6.10 Å². The van der Waals surface area contributed by atoms with Crippen LogP contribution < -0.4 is 0 Å². The van der Waals surface area contributed by atoms with Gasteiger partial charge < -0.3 is 9.47 Å². The minimum atomic E-state index is -0.749. The highest BCUT2D eigenvalue weighted by Crippen LogP contribution is 2.34. The monoisotopic (exact) mass is 304 g/mol. The first-order valence-electron chi connectivity index (χ1n) is 7.97. The average Bonchev–Trinajstić information content (AvgIpc) is 2.53. The van der Waals surface area contributed by atoms with E-state index in [1.807, 2.05) is 51.1 Å². The van der Waals surface area contributed by atoms with Crippen LogP contribution in [0.25, 0.3) is 0 Å². The fourth-order valence-corrected chi connectivity index (χ4v) is 2.07. The molecule has 0 spiro atoms. The Labute approximate surface area is 134 Å². The highest BCUT2D eigenvalue weighted by molar-refractivity contribution is 5.72. The van der Waals surface area contributed by atoms with Gasteiger partial charge in [-0.3, -0.25) is 4.79 Å². The van der Waals surface area contributed by atoms with Crippen molar-refractivity contribution in [1.29, 1.82) is 0 Å². The maximum Gasteiger partial charge on any atom is 0.309 e. The van der Waals surface area contributed by atoms with Crippen LogP contribution in [-0.4, -0.2) is 18.2 Å². The molecule has 0 saturated heterocycles. The molecule has 0 saturated carbocycles. The topological polar surface area (TPSA) is 35.5 Å². The molecule has 1 aromatic carbocycles. The highest BCUT2D eigenvalue weighted by atomic mass is 16.6. The van der Waals surface area contributed by atoms with Crippen LogP contribution in [0.3, 0.4) is 0 Å². The van der Waals surface area contributed by atoms with Gasteiger partial charge in [-0.25, -0.2) is 0 Å². The summed E-state index contributed by atoms with van der Waals surface area (Å²) in [5.74, 6) is -0.420. The molecular weight excluding hydrogens is 276 g/mol. The molecule has 1 aromatic rings. The third-order valence-corrected chi connectivity index (χ3v) is 3.64. The standard InChI is InChI=1S/C19H28O3/c1-6-8-14-21-19(5,7-2)17(22-18(20)15(3)4)16-12-10-9-11-13-16/h7,9-13,15,17H,2,6,8,14H2,1,3-5H3. The summed E-state index contributed by atoms with van der Waals surface area (Å²) < 4.78 is 11.8. The molecule has 0 aromatic heterocycles. The predicted octanol–water partition coefficient (Wildman–Crippen LogP) is 4.69. The molecule has 0 amide bonds. The molecule has 0 aliphatic heterocycles. The number of carbonyl (C=O) groups excluding carboxylic acids is 1. The van der Waals surface area contributed by atoms with Crippen molar-refractivity contribution in [2.45, 2.75) is 52.2 Å². The zero-order chi connectivity index (χ0) is 16.6. The number of hydrogen-bond acceptors (Lipinski definition) is 3. The Morgan fingerprint density at radius 2 is 1.95 bits per heavy atom. The Morgan fingerprint density at radius 3 is 2.45 bits per heavy atom. The summed E-state index contributed by atoms with van der Waals surface area (Å²) in [5, 5.41) is 0. The van der Waals surface area contributed by atoms with Gasteiger partial charge in [0.25, 0.3) is 0 Å². The van der Waals surface area contributed by atoms with E-state index < -0.39 is 11.7 Å². The van der Waals surface area contributed by atoms with Gasteiger partial charge in [0.2, 0.25) is 0 Å². The van der Waals surface area contributed by atoms with Gasteiger partial charge in [0, 0.05) is 6.61 Å². The smallest absolute Gasteiger partial charge is 0.309 e. The van der Waals surface area contributed by atoms with Crippen LogP contribution in [0.5, 0.6) is 0 Å². The molecule has 0 heterocycles. The number of carbonyl (C=O) groups is 1. The maximum atomic E-state index is 12.1. The van der Waals surface area contributed by atoms with E-state index in [1.165, 1.54) is 0 Å². The molecule has 0 bridgehead atoms. The van der Waals surface area contributed by atoms with Gasteiger partial charge in [-0.1, -0.05) is 63.6 Å². The van der Waals surface area contributed by atoms with E-state index in [0.29, 0.717) is 6.61 Å². The zero-order valence-corrected chi connectivity index (χ0v) is 14.2. The second-order valence-electron chi connectivity index (χ2n) is 5.97. The number of esters is 1. The summed E-state index contributed by atoms with van der Waals surface area (Å²) in [6, 6.07) is 9.70. The van der Waals surface area contributed by atoms with Crippen LogP contribution in [0.1, 0.15) is 52.2 Å². The van der Waals surface area contributed by atoms with Gasteiger partial charge in [0.1, 0.15) is 5.60 Å². The van der Waals surface area contributed by atoms with Gasteiger partial charge >= 0.3 is 5.97 Å². The quantitative estimate of drug-likeness (QED) is 0.377. The van der Waals surface area contributed by atoms with Gasteiger partial charge in [0.05, 0.1) is 5.92 Å². The summed E-state index contributed by atoms with van der Waals surface area (Å²) >= 11 is 0. The maximum absolute atomic E-state index is 12.1. The van der Waals surface area contributed by atoms with Crippen LogP contribution in [0.4, 0.5) is 0 Å². The molecule has 0 fully saturated rings. The first kappa shape index (κ1) is 18.4. The van der Waals surface area contributed by atoms with Crippen LogP contribution >= 0.6 is 0 Å². The molecule has 22 heavy (non-hydrogen) atoms. The Kier molecular flexibility index (Phi) is 7.33. The first-order chi connectivity index (χ1) is 10.4. The fraction of sp³-hybridized carbons (Fsp3) is 0.526. The lowest BCUT2D eigenvalue weighted by Gasteiger charge is -2.35. The third kappa shape index (κ3) is 4.99. The fourth-order valence-electron chi connectivity index (χ4n) is 2.07. The second-order valence-corrected chi connectivity index (χ2v) is 5.97. The summed E-state index contributed by atoms with van der Waals surface area (Å²) in [5.41, 5.74) is 0.163. The predicted molar refractivity (Wildman–Crippen MR) is 89.6 cm³/mol. The van der Waals surface area contributed by atoms with Gasteiger partial charge in [-0.05, 0) is 18.9 Å². The second kappa shape index (κ2) is 8.74. The van der Waals surface area contributed by atoms with Crippen LogP contribution in [-0.2, 0) is 14.3 Å². The molecular formula is C19H28O3. The highest BCUT2D eigenvalue weighted by Gasteiger charge is 2.37. The van der Waals surface area contributed by atoms with E-state index in [1.54, 1.807) is 6.08 Å². The Hall–Kier alpha value is -1.61. The molecule has 2 atom stereocenters. The average molecular weight is 304 g/mol. The number of benzene rings is 1. The van der Waals surface area contributed by atoms with E-state index in [9.17, 15) is 4.79 Å². The number of hydrogen-bond donors (Lipinski definition) is 0. The lowest BCUT2D eigenvalue weighted by Crippen LogP contribution is -2.38. The Bertz CT molecular complexity index is 467. The Morgan fingerprint density at radius 1 is 1.32 bits per heavy atom. The minimum Gasteiger partial charge on any atom is -0.454 e. The van der Waals surface area contributed by atoms with Crippen molar-refractivity contribution in [2.75, 3.05) is 6.61 Å². The van der Waals surface area contributed by atoms with E-state index in [-0.39, 0.29) is 11.9 Å². The first-order valence-corrected chi connectivity index (χ1v) is 7.97. The number of rotatable bonds is 9. The molecule has 3 heteroatoms. The molecule has 0 radical (unpaired) electrons. The van der Waals surface area contributed by atoms with Crippen LogP contribution in [0.2, 0.25) is 0 Å². The van der Waals surface area contributed by atoms with E-state index in [0.717, 1.165) is 18.4 Å². The van der Waals surface area contributed by atoms with E-state index >= 15 is 0 Å². The molecule has 0 aliphatic rings. The molecule has 122 valence electrons. The van der Waals surface area contributed by atoms with Crippen molar-refractivity contribution < 1.29 is 14.3 Å². The molecule has 0 aliphatic carbocycles. The van der Waals surface area contributed by atoms with Crippen LogP contribution in [0.15, 0.2) is 43.0 Å². The van der Waals surface area contributed by atoms with Gasteiger partial charge in [-0.15, -0.1) is 6.58 Å². The molecule has 1 rings (SSSR count). The van der Waals surface area contributed by atoms with Crippen molar-refractivity contribution in [3.63, 3.8) is 0 Å². The van der Waals surface area contributed by atoms with Crippen molar-refractivity contribution in [3.8, 4) is 0 Å². The number of ether oxygens (including phenoxy) is 2. The van der Waals surface area contributed by atoms with E-state index in [2.05, 4.69) is 13.5 Å². The normalized spacial score (nSPS) is 15.1. The summed E-state index contributed by atoms with van der Waals surface area (Å²) in [7, 11) is 0. The third-order valence-electron chi connectivity index (χ3n) is 3.64. The Balaban J connectivity index is 3.06. The summed E-state index contributed by atoms with van der Waals surface area (Å²) in [6.45, 7) is 12.2. The van der Waals surface area contributed by atoms with Crippen molar-refractivity contribution in [2.24, 2.45) is 5.92 Å². The largest absolute Gasteiger partial charge is 0.454 e. The molecule has 0 N–H and O–H groups in total. The SMILES string of the molecule is C=CC(C)(OCCCC)C(OC(=O)C(C)C)c1ccccc1. The van der Waals surface area contributed by atoms with Crippen molar-refractivity contribution in [1.82, 2.24) is 0 Å². The molecule has 3 nitrogen and oxygen atoms in total. The lowest BCUT2D eigenvalue weighted by atomic mass is 9.92. The summed E-state index contributed by atoms with van der Waals surface area (Å²) in [6.07, 6.45) is 3.24. The molecule has 2 unspecified atom stereocenters. The van der Waals surface area contributed by atoms with Crippen LogP contribution in [0, 0.1) is 5.92 Å². The van der Waals surface area contributed by atoms with Gasteiger partial charge in [-0.2, -0.15) is 0 Å². The van der Waals surface area contributed by atoms with E-state index in [4.69, 9.17) is 9.47 Å². The number of unbranched alkanes of at least 4 members (excludes halogenated alkanes) is 1. The minimum absolute atomic E-state index is 0.184. The lowest BCUT2D eigenvalue weighted by molar-refractivity contribution is -0.169.